The molecule has 0 radical (unpaired) electrons. The predicted molar refractivity (Wildman–Crippen MR) is 80.2 cm³/mol. The second kappa shape index (κ2) is 5.98. The van der Waals surface area contributed by atoms with Crippen LogP contribution in [0.4, 0.5) is 4.79 Å². The average molecular weight is 285 g/mol. The second-order valence-electron chi connectivity index (χ2n) is 5.17. The van der Waals surface area contributed by atoms with Gasteiger partial charge < -0.3 is 11.1 Å². The Bertz CT molecular complexity index is 630. The third-order valence-corrected chi connectivity index (χ3v) is 3.72. The van der Waals surface area contributed by atoms with E-state index in [-0.39, 0.29) is 25.0 Å². The standard InChI is InChI=1S/C16H19N3O2/c1-3-16(2)14(20)19(15(21)18-16)11-13-8-5-4-7-12(13)9-6-10-17/h4-5,7-8H,3,10-11,17H2,1-2H3,(H,18,21). The van der Waals surface area contributed by atoms with E-state index in [1.54, 1.807) is 6.92 Å². The molecular formula is C16H19N3O2. The summed E-state index contributed by atoms with van der Waals surface area (Å²) in [6.45, 7) is 4.11. The molecule has 21 heavy (non-hydrogen) atoms. The van der Waals surface area contributed by atoms with Gasteiger partial charge in [-0.1, -0.05) is 37.0 Å². The van der Waals surface area contributed by atoms with Crippen LogP contribution in [0.3, 0.4) is 0 Å². The van der Waals surface area contributed by atoms with Gasteiger partial charge in [-0.05, 0) is 25.0 Å². The molecule has 3 amide bonds. The molecule has 1 aromatic carbocycles. The van der Waals surface area contributed by atoms with Crippen LogP contribution in [0, 0.1) is 11.8 Å². The number of hydrogen-bond acceptors (Lipinski definition) is 3. The molecule has 1 aliphatic heterocycles. The summed E-state index contributed by atoms with van der Waals surface area (Å²) in [5, 5.41) is 2.74. The first kappa shape index (κ1) is 15.1. The van der Waals surface area contributed by atoms with E-state index in [1.807, 2.05) is 31.2 Å². The Kier molecular flexibility index (Phi) is 4.29. The van der Waals surface area contributed by atoms with Gasteiger partial charge in [0.2, 0.25) is 0 Å². The van der Waals surface area contributed by atoms with Crippen LogP contribution in [0.5, 0.6) is 0 Å². The monoisotopic (exact) mass is 285 g/mol. The van der Waals surface area contributed by atoms with Crippen molar-refractivity contribution < 1.29 is 9.59 Å². The maximum absolute atomic E-state index is 12.4. The number of urea groups is 1. The molecule has 1 fully saturated rings. The third kappa shape index (κ3) is 2.91. The van der Waals surface area contributed by atoms with E-state index in [9.17, 15) is 9.59 Å². The summed E-state index contributed by atoms with van der Waals surface area (Å²) in [6.07, 6.45) is 0.558. The largest absolute Gasteiger partial charge is 0.325 e. The van der Waals surface area contributed by atoms with Gasteiger partial charge in [-0.15, -0.1) is 0 Å². The first-order chi connectivity index (χ1) is 10.0. The highest BCUT2D eigenvalue weighted by molar-refractivity contribution is 6.06. The number of rotatable bonds is 3. The lowest BCUT2D eigenvalue weighted by Crippen LogP contribution is -2.43. The Morgan fingerprint density at radius 2 is 2.05 bits per heavy atom. The van der Waals surface area contributed by atoms with Crippen molar-refractivity contribution in [1.82, 2.24) is 10.2 Å². The molecule has 5 nitrogen and oxygen atoms in total. The van der Waals surface area contributed by atoms with Gasteiger partial charge >= 0.3 is 6.03 Å². The minimum Gasteiger partial charge on any atom is -0.323 e. The Hall–Kier alpha value is -2.32. The topological polar surface area (TPSA) is 75.4 Å². The fraction of sp³-hybridized carbons (Fsp3) is 0.375. The highest BCUT2D eigenvalue weighted by Crippen LogP contribution is 2.23. The summed E-state index contributed by atoms with van der Waals surface area (Å²) in [5.41, 5.74) is 6.20. The van der Waals surface area contributed by atoms with Crippen molar-refractivity contribution in [3.63, 3.8) is 0 Å². The number of nitrogens with zero attached hydrogens (tertiary/aromatic N) is 1. The van der Waals surface area contributed by atoms with Crippen molar-refractivity contribution in [1.29, 1.82) is 0 Å². The van der Waals surface area contributed by atoms with Crippen LogP contribution in [-0.2, 0) is 11.3 Å². The van der Waals surface area contributed by atoms with Crippen LogP contribution >= 0.6 is 0 Å². The molecule has 1 aliphatic rings. The second-order valence-corrected chi connectivity index (χ2v) is 5.17. The zero-order valence-corrected chi connectivity index (χ0v) is 12.3. The van der Waals surface area contributed by atoms with Crippen LogP contribution in [0.15, 0.2) is 24.3 Å². The van der Waals surface area contributed by atoms with Crippen molar-refractivity contribution >= 4 is 11.9 Å². The van der Waals surface area contributed by atoms with Gasteiger partial charge in [-0.2, -0.15) is 0 Å². The molecule has 0 saturated carbocycles. The fourth-order valence-electron chi connectivity index (χ4n) is 2.23. The Morgan fingerprint density at radius 1 is 1.33 bits per heavy atom. The number of amides is 3. The molecule has 0 aromatic heterocycles. The number of carbonyl (C=O) groups excluding carboxylic acids is 2. The lowest BCUT2D eigenvalue weighted by atomic mass is 9.99. The summed E-state index contributed by atoms with van der Waals surface area (Å²) in [4.78, 5) is 25.7. The van der Waals surface area contributed by atoms with Gasteiger partial charge in [0.25, 0.3) is 5.91 Å². The number of nitrogens with one attached hydrogen (secondary N) is 1. The number of hydrogen-bond donors (Lipinski definition) is 2. The molecule has 1 heterocycles. The van der Waals surface area contributed by atoms with E-state index >= 15 is 0 Å². The van der Waals surface area contributed by atoms with Gasteiger partial charge in [0, 0.05) is 5.56 Å². The van der Waals surface area contributed by atoms with E-state index in [2.05, 4.69) is 17.2 Å². The molecule has 3 N–H and O–H groups in total. The lowest BCUT2D eigenvalue weighted by molar-refractivity contribution is -0.131. The first-order valence-electron chi connectivity index (χ1n) is 6.93. The highest BCUT2D eigenvalue weighted by Gasteiger charge is 2.46. The molecule has 0 bridgehead atoms. The summed E-state index contributed by atoms with van der Waals surface area (Å²) in [7, 11) is 0. The van der Waals surface area contributed by atoms with Gasteiger partial charge in [-0.3, -0.25) is 9.69 Å². The van der Waals surface area contributed by atoms with E-state index in [0.29, 0.717) is 6.42 Å². The lowest BCUT2D eigenvalue weighted by Gasteiger charge is -2.19. The molecule has 1 aromatic rings. The van der Waals surface area contributed by atoms with Crippen LogP contribution in [0.25, 0.3) is 0 Å². The smallest absolute Gasteiger partial charge is 0.323 e. The SMILES string of the molecule is CCC1(C)NC(=O)N(Cc2ccccc2C#CCN)C1=O. The number of nitrogens with two attached hydrogens (primary N) is 1. The normalized spacial score (nSPS) is 21.0. The number of carbonyl (C=O) groups is 2. The zero-order valence-electron chi connectivity index (χ0n) is 12.3. The summed E-state index contributed by atoms with van der Waals surface area (Å²) in [6, 6.07) is 7.09. The maximum Gasteiger partial charge on any atom is 0.325 e. The van der Waals surface area contributed by atoms with Crippen molar-refractivity contribution in [2.75, 3.05) is 6.54 Å². The summed E-state index contributed by atoms with van der Waals surface area (Å²) < 4.78 is 0. The van der Waals surface area contributed by atoms with Gasteiger partial charge in [0.1, 0.15) is 5.54 Å². The molecule has 0 spiro atoms. The Labute approximate surface area is 124 Å². The molecule has 1 unspecified atom stereocenters. The van der Waals surface area contributed by atoms with Gasteiger partial charge in [0.05, 0.1) is 13.1 Å². The maximum atomic E-state index is 12.4. The van der Waals surface area contributed by atoms with Crippen LogP contribution in [0.1, 0.15) is 31.4 Å². The third-order valence-electron chi connectivity index (χ3n) is 3.72. The molecular weight excluding hydrogens is 266 g/mol. The minimum absolute atomic E-state index is 0.198. The molecule has 1 saturated heterocycles. The molecule has 2 rings (SSSR count). The number of benzene rings is 1. The Balaban J connectivity index is 2.27. The van der Waals surface area contributed by atoms with Crippen molar-refractivity contribution in [2.24, 2.45) is 5.73 Å². The molecule has 0 aliphatic carbocycles. The summed E-state index contributed by atoms with van der Waals surface area (Å²) in [5.74, 6) is 5.56. The minimum atomic E-state index is -0.811. The van der Waals surface area contributed by atoms with Crippen LogP contribution < -0.4 is 11.1 Å². The van der Waals surface area contributed by atoms with Crippen LogP contribution in [0.2, 0.25) is 0 Å². The molecule has 5 heteroatoms. The summed E-state index contributed by atoms with van der Waals surface area (Å²) >= 11 is 0. The first-order valence-corrected chi connectivity index (χ1v) is 6.93. The fourth-order valence-corrected chi connectivity index (χ4v) is 2.23. The van der Waals surface area contributed by atoms with Gasteiger partial charge in [-0.25, -0.2) is 4.79 Å². The van der Waals surface area contributed by atoms with Crippen LogP contribution in [-0.4, -0.2) is 28.9 Å². The molecule has 110 valence electrons. The van der Waals surface area contributed by atoms with E-state index in [4.69, 9.17) is 5.73 Å². The van der Waals surface area contributed by atoms with E-state index < -0.39 is 5.54 Å². The van der Waals surface area contributed by atoms with Crippen molar-refractivity contribution in [2.45, 2.75) is 32.4 Å². The highest BCUT2D eigenvalue weighted by atomic mass is 16.2. The average Bonchev–Trinajstić information content (AvgIpc) is 2.70. The van der Waals surface area contributed by atoms with E-state index in [1.165, 1.54) is 4.90 Å². The quantitative estimate of drug-likeness (QED) is 0.647. The van der Waals surface area contributed by atoms with Crippen molar-refractivity contribution in [3.8, 4) is 11.8 Å². The molecule has 1 atom stereocenters. The van der Waals surface area contributed by atoms with Crippen molar-refractivity contribution in [3.05, 3.63) is 35.4 Å². The van der Waals surface area contributed by atoms with Gasteiger partial charge in [0.15, 0.2) is 0 Å². The Morgan fingerprint density at radius 3 is 2.67 bits per heavy atom. The number of imide groups is 1. The van der Waals surface area contributed by atoms with E-state index in [0.717, 1.165) is 11.1 Å². The predicted octanol–water partition coefficient (Wildman–Crippen LogP) is 1.22. The zero-order chi connectivity index (χ0) is 15.5.